The highest BCUT2D eigenvalue weighted by Gasteiger charge is 2.06. The maximum atomic E-state index is 5.94. The molecule has 0 saturated carbocycles. The predicted molar refractivity (Wildman–Crippen MR) is 85.2 cm³/mol. The molecule has 2 aromatic heterocycles. The van der Waals surface area contributed by atoms with E-state index in [0.717, 1.165) is 37.3 Å². The molecule has 0 aliphatic carbocycles. The molecule has 0 spiro atoms. The van der Waals surface area contributed by atoms with Crippen molar-refractivity contribution in [3.05, 3.63) is 48.0 Å². The lowest BCUT2D eigenvalue weighted by molar-refractivity contribution is 0.643. The van der Waals surface area contributed by atoms with E-state index < -0.39 is 0 Å². The van der Waals surface area contributed by atoms with E-state index in [1.807, 2.05) is 44.0 Å². The van der Waals surface area contributed by atoms with Gasteiger partial charge in [0.15, 0.2) is 0 Å². The summed E-state index contributed by atoms with van der Waals surface area (Å²) in [7, 11) is 2.01. The Hall–Kier alpha value is -2.01. The molecule has 0 saturated heterocycles. The normalized spacial score (nSPS) is 12.1. The molecule has 0 bridgehead atoms. The van der Waals surface area contributed by atoms with E-state index in [2.05, 4.69) is 26.8 Å². The summed E-state index contributed by atoms with van der Waals surface area (Å²) < 4.78 is 0. The number of nitrogens with two attached hydrogens (primary N) is 1. The Bertz CT molecular complexity index is 526. The first-order valence-electron chi connectivity index (χ1n) is 7.35. The average molecular weight is 285 g/mol. The number of hydrogen-bond donors (Lipinski definition) is 1. The number of hydrogen-bond acceptors (Lipinski definition) is 5. The van der Waals surface area contributed by atoms with Crippen LogP contribution in [0.5, 0.6) is 0 Å². The number of rotatable bonds is 7. The van der Waals surface area contributed by atoms with Crippen LogP contribution < -0.4 is 10.6 Å². The number of anilines is 1. The van der Waals surface area contributed by atoms with Crippen LogP contribution in [-0.2, 0) is 12.8 Å². The second kappa shape index (κ2) is 7.69. The van der Waals surface area contributed by atoms with Gasteiger partial charge in [-0.2, -0.15) is 0 Å². The van der Waals surface area contributed by atoms with Gasteiger partial charge >= 0.3 is 0 Å². The predicted octanol–water partition coefficient (Wildman–Crippen LogP) is 1.83. The van der Waals surface area contributed by atoms with E-state index in [9.17, 15) is 0 Å². The SMILES string of the molecule is CCC(N)Cc1cnc(N(C)CCc2ccncc2)nc1. The standard InChI is InChI=1S/C16H23N5/c1-3-15(17)10-14-11-19-16(20-12-14)21(2)9-6-13-4-7-18-8-5-13/h4-5,7-8,11-12,15H,3,6,9-10,17H2,1-2H3. The summed E-state index contributed by atoms with van der Waals surface area (Å²) in [5.74, 6) is 0.748. The van der Waals surface area contributed by atoms with E-state index in [1.165, 1.54) is 5.56 Å². The number of nitrogens with zero attached hydrogens (tertiary/aromatic N) is 4. The van der Waals surface area contributed by atoms with Crippen LogP contribution in [0, 0.1) is 0 Å². The maximum absolute atomic E-state index is 5.94. The van der Waals surface area contributed by atoms with Crippen molar-refractivity contribution in [2.45, 2.75) is 32.2 Å². The van der Waals surface area contributed by atoms with Crippen LogP contribution in [0.1, 0.15) is 24.5 Å². The summed E-state index contributed by atoms with van der Waals surface area (Å²) in [6.45, 7) is 2.96. The van der Waals surface area contributed by atoms with Crippen LogP contribution in [0.3, 0.4) is 0 Å². The van der Waals surface area contributed by atoms with Crippen molar-refractivity contribution in [2.24, 2.45) is 5.73 Å². The first-order valence-corrected chi connectivity index (χ1v) is 7.35. The quantitative estimate of drug-likeness (QED) is 0.840. The third-order valence-corrected chi connectivity index (χ3v) is 3.54. The van der Waals surface area contributed by atoms with Crippen LogP contribution in [0.15, 0.2) is 36.9 Å². The van der Waals surface area contributed by atoms with Crippen molar-refractivity contribution in [3.63, 3.8) is 0 Å². The molecule has 0 radical (unpaired) electrons. The van der Waals surface area contributed by atoms with Gasteiger partial charge in [-0.15, -0.1) is 0 Å². The van der Waals surface area contributed by atoms with Crippen molar-refractivity contribution in [1.29, 1.82) is 0 Å². The Morgan fingerprint density at radius 2 is 1.81 bits per heavy atom. The van der Waals surface area contributed by atoms with Gasteiger partial charge in [-0.3, -0.25) is 4.98 Å². The monoisotopic (exact) mass is 285 g/mol. The minimum atomic E-state index is 0.184. The Morgan fingerprint density at radius 3 is 2.43 bits per heavy atom. The molecule has 2 aromatic rings. The second-order valence-corrected chi connectivity index (χ2v) is 5.29. The molecule has 0 aliphatic rings. The van der Waals surface area contributed by atoms with Gasteiger partial charge in [0.05, 0.1) is 0 Å². The fourth-order valence-corrected chi connectivity index (χ4v) is 2.04. The Kier molecular flexibility index (Phi) is 5.63. The summed E-state index contributed by atoms with van der Waals surface area (Å²) >= 11 is 0. The first kappa shape index (κ1) is 15.4. The lowest BCUT2D eigenvalue weighted by atomic mass is 10.1. The maximum Gasteiger partial charge on any atom is 0.225 e. The summed E-state index contributed by atoms with van der Waals surface area (Å²) in [6, 6.07) is 4.25. The van der Waals surface area contributed by atoms with Gasteiger partial charge in [0.1, 0.15) is 0 Å². The molecule has 0 aromatic carbocycles. The molecule has 2 heterocycles. The first-order chi connectivity index (χ1) is 10.2. The van der Waals surface area contributed by atoms with Crippen LogP contribution in [-0.4, -0.2) is 34.6 Å². The molecule has 5 nitrogen and oxygen atoms in total. The highest BCUT2D eigenvalue weighted by atomic mass is 15.2. The smallest absolute Gasteiger partial charge is 0.225 e. The van der Waals surface area contributed by atoms with Crippen molar-refractivity contribution in [2.75, 3.05) is 18.5 Å². The molecular formula is C16H23N5. The van der Waals surface area contributed by atoms with Gasteiger partial charge in [0, 0.05) is 44.4 Å². The minimum Gasteiger partial charge on any atom is -0.344 e. The molecule has 1 unspecified atom stereocenters. The van der Waals surface area contributed by atoms with E-state index >= 15 is 0 Å². The van der Waals surface area contributed by atoms with Crippen LogP contribution in [0.4, 0.5) is 5.95 Å². The number of pyridine rings is 1. The Morgan fingerprint density at radius 1 is 1.14 bits per heavy atom. The van der Waals surface area contributed by atoms with E-state index in [4.69, 9.17) is 5.73 Å². The summed E-state index contributed by atoms with van der Waals surface area (Å²) in [5, 5.41) is 0. The molecule has 5 heteroatoms. The topological polar surface area (TPSA) is 67.9 Å². The largest absolute Gasteiger partial charge is 0.344 e. The van der Waals surface area contributed by atoms with Crippen molar-refractivity contribution in [3.8, 4) is 0 Å². The molecule has 2 rings (SSSR count). The summed E-state index contributed by atoms with van der Waals surface area (Å²) in [4.78, 5) is 14.9. The van der Waals surface area contributed by atoms with Crippen LogP contribution in [0.2, 0.25) is 0 Å². The number of likely N-dealkylation sites (N-methyl/N-ethyl adjacent to an activating group) is 1. The molecule has 0 amide bonds. The zero-order chi connectivity index (χ0) is 15.1. The summed E-state index contributed by atoms with van der Waals surface area (Å²) in [5.41, 5.74) is 8.30. The van der Waals surface area contributed by atoms with Gasteiger partial charge in [-0.05, 0) is 42.5 Å². The highest BCUT2D eigenvalue weighted by molar-refractivity contribution is 5.29. The molecule has 112 valence electrons. The molecule has 21 heavy (non-hydrogen) atoms. The molecular weight excluding hydrogens is 262 g/mol. The summed E-state index contributed by atoms with van der Waals surface area (Å²) in [6.07, 6.45) is 10.1. The highest BCUT2D eigenvalue weighted by Crippen LogP contribution is 2.08. The van der Waals surface area contributed by atoms with E-state index in [-0.39, 0.29) is 6.04 Å². The molecule has 1 atom stereocenters. The van der Waals surface area contributed by atoms with E-state index in [1.54, 1.807) is 0 Å². The molecule has 0 fully saturated rings. The minimum absolute atomic E-state index is 0.184. The average Bonchev–Trinajstić information content (AvgIpc) is 2.54. The fourth-order valence-electron chi connectivity index (χ4n) is 2.04. The van der Waals surface area contributed by atoms with E-state index in [0.29, 0.717) is 0 Å². The van der Waals surface area contributed by atoms with Gasteiger partial charge in [-0.25, -0.2) is 9.97 Å². The van der Waals surface area contributed by atoms with Crippen LogP contribution in [0.25, 0.3) is 0 Å². The van der Waals surface area contributed by atoms with Crippen molar-refractivity contribution in [1.82, 2.24) is 15.0 Å². The van der Waals surface area contributed by atoms with Crippen molar-refractivity contribution < 1.29 is 0 Å². The van der Waals surface area contributed by atoms with Gasteiger partial charge in [-0.1, -0.05) is 6.92 Å². The molecule has 0 aliphatic heterocycles. The lowest BCUT2D eigenvalue weighted by Gasteiger charge is -2.17. The van der Waals surface area contributed by atoms with Gasteiger partial charge in [0.25, 0.3) is 0 Å². The van der Waals surface area contributed by atoms with Crippen LogP contribution >= 0.6 is 0 Å². The zero-order valence-electron chi connectivity index (χ0n) is 12.7. The third-order valence-electron chi connectivity index (χ3n) is 3.54. The lowest BCUT2D eigenvalue weighted by Crippen LogP contribution is -2.24. The zero-order valence-corrected chi connectivity index (χ0v) is 12.7. The van der Waals surface area contributed by atoms with Gasteiger partial charge < -0.3 is 10.6 Å². The molecule has 2 N–H and O–H groups in total. The Labute approximate surface area is 126 Å². The van der Waals surface area contributed by atoms with Crippen molar-refractivity contribution >= 4 is 5.95 Å². The van der Waals surface area contributed by atoms with Gasteiger partial charge in [0.2, 0.25) is 5.95 Å². The fraction of sp³-hybridized carbons (Fsp3) is 0.438. The number of aromatic nitrogens is 3. The second-order valence-electron chi connectivity index (χ2n) is 5.29. The third kappa shape index (κ3) is 4.79. The Balaban J connectivity index is 1.89.